The lowest BCUT2D eigenvalue weighted by Crippen LogP contribution is -2.57. The second kappa shape index (κ2) is 9.78. The Balaban J connectivity index is 1.40. The van der Waals surface area contributed by atoms with Crippen LogP contribution in [0, 0.1) is 5.92 Å². The Hall–Kier alpha value is -3.46. The van der Waals surface area contributed by atoms with Crippen LogP contribution in [0.15, 0.2) is 36.7 Å². The zero-order chi connectivity index (χ0) is 26.3. The third-order valence-corrected chi connectivity index (χ3v) is 7.13. The molecule has 0 radical (unpaired) electrons. The molecule has 1 saturated carbocycles. The van der Waals surface area contributed by atoms with Gasteiger partial charge < -0.3 is 15.3 Å². The number of aromatic nitrogens is 3. The first kappa shape index (κ1) is 25.2. The molecule has 1 atom stereocenters. The van der Waals surface area contributed by atoms with E-state index < -0.39 is 11.6 Å². The number of carbonyl (C=O) groups excluding carboxylic acids is 1. The zero-order valence-corrected chi connectivity index (χ0v) is 22.0. The van der Waals surface area contributed by atoms with E-state index in [1.165, 1.54) is 0 Å². The first-order valence-corrected chi connectivity index (χ1v) is 13.0. The highest BCUT2D eigenvalue weighted by Crippen LogP contribution is 2.37. The van der Waals surface area contributed by atoms with Crippen LogP contribution in [0.3, 0.4) is 0 Å². The fourth-order valence-corrected chi connectivity index (χ4v) is 5.22. The van der Waals surface area contributed by atoms with Crippen LogP contribution >= 0.6 is 11.6 Å². The molecular formula is C27H31ClN6O3. The van der Waals surface area contributed by atoms with Crippen molar-refractivity contribution in [3.8, 4) is 0 Å². The monoisotopic (exact) mass is 522 g/mol. The van der Waals surface area contributed by atoms with Crippen LogP contribution in [-0.2, 0) is 0 Å². The maximum Gasteiger partial charge on any atom is 0.408 e. The number of pyridine rings is 3. The summed E-state index contributed by atoms with van der Waals surface area (Å²) < 4.78 is 0. The number of nitrogens with one attached hydrogen (secondary N) is 1. The van der Waals surface area contributed by atoms with Gasteiger partial charge in [-0.25, -0.2) is 14.8 Å². The third-order valence-electron chi connectivity index (χ3n) is 6.92. The van der Waals surface area contributed by atoms with Crippen molar-refractivity contribution in [2.75, 3.05) is 23.3 Å². The number of amides is 1. The summed E-state index contributed by atoms with van der Waals surface area (Å²) in [4.78, 5) is 42.2. The topological polar surface area (TPSA) is 112 Å². The van der Waals surface area contributed by atoms with E-state index in [-0.39, 0.29) is 17.7 Å². The van der Waals surface area contributed by atoms with Crippen LogP contribution < -0.4 is 10.2 Å². The van der Waals surface area contributed by atoms with Crippen molar-refractivity contribution in [1.29, 1.82) is 0 Å². The molecule has 2 aliphatic rings. The Morgan fingerprint density at radius 1 is 1.11 bits per heavy atom. The SMILES string of the molecule is CC(C)(C)N(C(=O)O)C1CCCN(c2ccc(Nc3c(C(=O)C4CC4)cnc4ccc(Cl)nc34)cn2)C1. The maximum absolute atomic E-state index is 13.0. The number of piperidine rings is 1. The van der Waals surface area contributed by atoms with Gasteiger partial charge in [-0.2, -0.15) is 0 Å². The maximum atomic E-state index is 13.0. The number of nitrogens with zero attached hydrogens (tertiary/aromatic N) is 5. The lowest BCUT2D eigenvalue weighted by Gasteiger charge is -2.44. The van der Waals surface area contributed by atoms with Crippen LogP contribution in [0.25, 0.3) is 11.0 Å². The molecule has 1 unspecified atom stereocenters. The molecule has 1 saturated heterocycles. The van der Waals surface area contributed by atoms with Crippen LogP contribution in [0.5, 0.6) is 0 Å². The molecule has 3 aromatic rings. The van der Waals surface area contributed by atoms with E-state index in [1.54, 1.807) is 29.4 Å². The fourth-order valence-electron chi connectivity index (χ4n) is 5.08. The highest BCUT2D eigenvalue weighted by atomic mass is 35.5. The number of carbonyl (C=O) groups is 2. The smallest absolute Gasteiger partial charge is 0.408 e. The van der Waals surface area contributed by atoms with Gasteiger partial charge in [-0.15, -0.1) is 0 Å². The Kier molecular flexibility index (Phi) is 6.66. The molecular weight excluding hydrogens is 492 g/mol. The lowest BCUT2D eigenvalue weighted by atomic mass is 9.97. The van der Waals surface area contributed by atoms with Crippen LogP contribution in [0.4, 0.5) is 22.0 Å². The van der Waals surface area contributed by atoms with Crippen molar-refractivity contribution in [3.63, 3.8) is 0 Å². The summed E-state index contributed by atoms with van der Waals surface area (Å²) in [6.07, 6.45) is 5.92. The fraction of sp³-hybridized carbons (Fsp3) is 0.444. The predicted octanol–water partition coefficient (Wildman–Crippen LogP) is 5.76. The summed E-state index contributed by atoms with van der Waals surface area (Å²) in [5.74, 6) is 0.874. The lowest BCUT2D eigenvalue weighted by molar-refractivity contribution is 0.0647. The second-order valence-electron chi connectivity index (χ2n) is 10.8. The number of ketones is 1. The minimum atomic E-state index is -0.901. The molecule has 194 valence electrons. The minimum Gasteiger partial charge on any atom is -0.465 e. The molecule has 0 aromatic carbocycles. The number of halogens is 1. The zero-order valence-electron chi connectivity index (χ0n) is 21.2. The van der Waals surface area contributed by atoms with Crippen LogP contribution in [0.1, 0.15) is 56.8 Å². The molecule has 2 N–H and O–H groups in total. The van der Waals surface area contributed by atoms with Crippen molar-refractivity contribution in [3.05, 3.63) is 47.4 Å². The van der Waals surface area contributed by atoms with Crippen molar-refractivity contribution in [2.24, 2.45) is 5.92 Å². The molecule has 5 rings (SSSR count). The summed E-state index contributed by atoms with van der Waals surface area (Å²) in [6.45, 7) is 7.16. The van der Waals surface area contributed by atoms with E-state index in [4.69, 9.17) is 11.6 Å². The number of anilines is 3. The van der Waals surface area contributed by atoms with E-state index in [0.717, 1.165) is 38.0 Å². The Labute approximate surface area is 220 Å². The van der Waals surface area contributed by atoms with Crippen LogP contribution in [-0.4, -0.2) is 61.5 Å². The summed E-state index contributed by atoms with van der Waals surface area (Å²) in [5, 5.41) is 13.5. The molecule has 37 heavy (non-hydrogen) atoms. The van der Waals surface area contributed by atoms with Crippen molar-refractivity contribution < 1.29 is 14.7 Å². The Morgan fingerprint density at radius 2 is 1.89 bits per heavy atom. The normalized spacial score (nSPS) is 18.1. The van der Waals surface area contributed by atoms with E-state index in [9.17, 15) is 14.7 Å². The van der Waals surface area contributed by atoms with Crippen molar-refractivity contribution in [1.82, 2.24) is 19.9 Å². The predicted molar refractivity (Wildman–Crippen MR) is 144 cm³/mol. The quantitative estimate of drug-likeness (QED) is 0.310. The number of hydrogen-bond acceptors (Lipinski definition) is 7. The third kappa shape index (κ3) is 5.32. The van der Waals surface area contributed by atoms with E-state index >= 15 is 0 Å². The molecule has 4 heterocycles. The average molecular weight is 523 g/mol. The number of carboxylic acid groups (broad SMARTS) is 1. The van der Waals surface area contributed by atoms with Gasteiger partial charge in [0.1, 0.15) is 16.5 Å². The Bertz CT molecular complexity index is 1340. The van der Waals surface area contributed by atoms with E-state index in [2.05, 4.69) is 25.2 Å². The molecule has 2 fully saturated rings. The Morgan fingerprint density at radius 3 is 2.54 bits per heavy atom. The highest BCUT2D eigenvalue weighted by Gasteiger charge is 2.36. The largest absolute Gasteiger partial charge is 0.465 e. The summed E-state index contributed by atoms with van der Waals surface area (Å²) >= 11 is 6.18. The highest BCUT2D eigenvalue weighted by molar-refractivity contribution is 6.30. The summed E-state index contributed by atoms with van der Waals surface area (Å²) in [5.41, 5.74) is 2.49. The van der Waals surface area contributed by atoms with Gasteiger partial charge in [-0.05, 0) is 70.7 Å². The number of fused-ring (bicyclic) bond motifs is 1. The van der Waals surface area contributed by atoms with Gasteiger partial charge in [0.05, 0.1) is 34.7 Å². The van der Waals surface area contributed by atoms with Crippen LogP contribution in [0.2, 0.25) is 5.15 Å². The molecule has 1 aliphatic carbocycles. The van der Waals surface area contributed by atoms with Gasteiger partial charge in [-0.1, -0.05) is 11.6 Å². The average Bonchev–Trinajstić information content (AvgIpc) is 3.69. The molecule has 10 heteroatoms. The van der Waals surface area contributed by atoms with Gasteiger partial charge in [-0.3, -0.25) is 14.7 Å². The van der Waals surface area contributed by atoms with E-state index in [0.29, 0.717) is 39.7 Å². The molecule has 9 nitrogen and oxygen atoms in total. The number of rotatable bonds is 6. The summed E-state index contributed by atoms with van der Waals surface area (Å²) in [6, 6.07) is 7.18. The molecule has 1 amide bonds. The number of Topliss-reactive ketones (excluding diaryl/α,β-unsaturated/α-hetero) is 1. The van der Waals surface area contributed by atoms with Gasteiger partial charge in [0.25, 0.3) is 0 Å². The molecule has 3 aromatic heterocycles. The first-order chi connectivity index (χ1) is 17.6. The second-order valence-corrected chi connectivity index (χ2v) is 11.2. The van der Waals surface area contributed by atoms with Gasteiger partial charge in [0.2, 0.25) is 0 Å². The van der Waals surface area contributed by atoms with Gasteiger partial charge in [0.15, 0.2) is 5.78 Å². The minimum absolute atomic E-state index is 0.0324. The molecule has 1 aliphatic heterocycles. The summed E-state index contributed by atoms with van der Waals surface area (Å²) in [7, 11) is 0. The van der Waals surface area contributed by atoms with E-state index in [1.807, 2.05) is 32.9 Å². The van der Waals surface area contributed by atoms with Crippen molar-refractivity contribution in [2.45, 2.75) is 58.0 Å². The molecule has 0 spiro atoms. The van der Waals surface area contributed by atoms with Gasteiger partial charge in [0, 0.05) is 30.7 Å². The number of hydrogen-bond donors (Lipinski definition) is 2. The van der Waals surface area contributed by atoms with Gasteiger partial charge >= 0.3 is 6.09 Å². The van der Waals surface area contributed by atoms with Crippen molar-refractivity contribution >= 4 is 51.7 Å². The first-order valence-electron chi connectivity index (χ1n) is 12.6. The standard InChI is InChI=1S/C27H31ClN6O3/c1-27(2,3)34(26(36)37)18-5-4-12-33(15-18)22-11-8-17(13-30-22)31-23-19(25(35)16-6-7-16)14-29-20-9-10-21(28)32-24(20)23/h8-11,13-14,16,18H,4-7,12,15H2,1-3H3,(H,29,31)(H,36,37). The molecule has 0 bridgehead atoms.